The SMILES string of the molecule is CC(=O)O[C@@H]1CC[C@]2(C)[C@@H](CC[C@H]3[C@@H]2CC[C@]2(C)[C@@H]([C@H](C)CC[C@H](C)C(C)C)CC[C@@H]32)C1. The lowest BCUT2D eigenvalue weighted by molar-refractivity contribution is -0.160. The number of carbonyl (C=O) groups is 1. The molecular weight excluding hydrogens is 392 g/mol. The third-order valence-electron chi connectivity index (χ3n) is 11.9. The lowest BCUT2D eigenvalue weighted by Crippen LogP contribution is -2.54. The lowest BCUT2D eigenvalue weighted by atomic mass is 9.44. The van der Waals surface area contributed by atoms with Crippen LogP contribution in [0.2, 0.25) is 0 Å². The minimum Gasteiger partial charge on any atom is -0.463 e. The van der Waals surface area contributed by atoms with Crippen molar-refractivity contribution in [2.75, 3.05) is 0 Å². The van der Waals surface area contributed by atoms with Gasteiger partial charge in [0, 0.05) is 6.92 Å². The van der Waals surface area contributed by atoms with Crippen LogP contribution in [-0.2, 0) is 9.53 Å². The maximum absolute atomic E-state index is 11.5. The molecule has 0 spiro atoms. The fourth-order valence-corrected chi connectivity index (χ4v) is 9.60. The summed E-state index contributed by atoms with van der Waals surface area (Å²) in [5.41, 5.74) is 1.07. The second-order valence-electron chi connectivity index (χ2n) is 13.7. The van der Waals surface area contributed by atoms with E-state index in [-0.39, 0.29) is 12.1 Å². The molecule has 32 heavy (non-hydrogen) atoms. The van der Waals surface area contributed by atoms with Gasteiger partial charge in [-0.15, -0.1) is 0 Å². The Bertz CT molecular complexity index is 670. The zero-order chi connectivity index (χ0) is 23.3. The van der Waals surface area contributed by atoms with E-state index in [1.807, 2.05) is 0 Å². The molecule has 0 bridgehead atoms. The molecule has 0 amide bonds. The van der Waals surface area contributed by atoms with Crippen molar-refractivity contribution in [2.24, 2.45) is 58.2 Å². The van der Waals surface area contributed by atoms with Gasteiger partial charge in [0.15, 0.2) is 0 Å². The van der Waals surface area contributed by atoms with Gasteiger partial charge in [-0.2, -0.15) is 0 Å². The summed E-state index contributed by atoms with van der Waals surface area (Å²) in [6.45, 7) is 16.7. The summed E-state index contributed by atoms with van der Waals surface area (Å²) in [5.74, 6) is 6.99. The van der Waals surface area contributed by atoms with E-state index < -0.39 is 0 Å². The molecule has 184 valence electrons. The molecule has 0 N–H and O–H groups in total. The summed E-state index contributed by atoms with van der Waals surface area (Å²) in [7, 11) is 0. The van der Waals surface area contributed by atoms with Crippen molar-refractivity contribution >= 4 is 5.97 Å². The predicted molar refractivity (Wildman–Crippen MR) is 133 cm³/mol. The molecule has 0 aromatic carbocycles. The summed E-state index contributed by atoms with van der Waals surface area (Å²) in [5, 5.41) is 0. The van der Waals surface area contributed by atoms with Gasteiger partial charge in [0.05, 0.1) is 0 Å². The van der Waals surface area contributed by atoms with Crippen LogP contribution in [0.15, 0.2) is 0 Å². The smallest absolute Gasteiger partial charge is 0.302 e. The summed E-state index contributed by atoms with van der Waals surface area (Å²) in [6.07, 6.45) is 15.2. The van der Waals surface area contributed by atoms with Crippen LogP contribution < -0.4 is 0 Å². The molecule has 10 atom stereocenters. The Hall–Kier alpha value is -0.530. The van der Waals surface area contributed by atoms with Gasteiger partial charge in [-0.25, -0.2) is 0 Å². The van der Waals surface area contributed by atoms with Crippen LogP contribution in [0, 0.1) is 58.2 Å². The van der Waals surface area contributed by atoms with Crippen LogP contribution in [0.1, 0.15) is 119 Å². The zero-order valence-corrected chi connectivity index (χ0v) is 22.3. The summed E-state index contributed by atoms with van der Waals surface area (Å²) >= 11 is 0. The first kappa shape index (κ1) is 24.6. The molecule has 2 heteroatoms. The molecule has 0 saturated heterocycles. The predicted octanol–water partition coefficient (Wildman–Crippen LogP) is 8.29. The number of ether oxygens (including phenoxy) is 1. The maximum Gasteiger partial charge on any atom is 0.302 e. The lowest BCUT2D eigenvalue weighted by Gasteiger charge is -2.61. The Labute approximate surface area is 199 Å². The Morgan fingerprint density at radius 2 is 1.56 bits per heavy atom. The monoisotopic (exact) mass is 444 g/mol. The number of esters is 1. The topological polar surface area (TPSA) is 26.3 Å². The van der Waals surface area contributed by atoms with E-state index in [1.54, 1.807) is 6.92 Å². The molecule has 0 aromatic rings. The highest BCUT2D eigenvalue weighted by atomic mass is 16.5. The van der Waals surface area contributed by atoms with E-state index in [9.17, 15) is 4.79 Å². The molecule has 4 saturated carbocycles. The minimum atomic E-state index is -0.0883. The van der Waals surface area contributed by atoms with Gasteiger partial charge in [-0.05, 0) is 116 Å². The first-order chi connectivity index (χ1) is 15.1. The van der Waals surface area contributed by atoms with Crippen LogP contribution in [0.3, 0.4) is 0 Å². The second kappa shape index (κ2) is 9.26. The fraction of sp³-hybridized carbons (Fsp3) is 0.967. The molecule has 2 nitrogen and oxygen atoms in total. The number of fused-ring (bicyclic) bond motifs is 5. The van der Waals surface area contributed by atoms with Gasteiger partial charge >= 0.3 is 5.97 Å². The molecular formula is C30H52O2. The normalized spacial score (nSPS) is 45.5. The standard InChI is InChI=1S/C30H52O2/c1-19(2)20(3)8-9-21(4)26-12-13-27-25-11-10-23-18-24(32-22(5)31)14-16-29(23,6)28(25)15-17-30(26,27)7/h19-21,23-28H,8-18H2,1-7H3/t20-,21+,23-,24+,25+,26+,27-,28-,29+,30+/m0/s1. The maximum atomic E-state index is 11.5. The van der Waals surface area contributed by atoms with Gasteiger partial charge in [0.25, 0.3) is 0 Å². The molecule has 4 aliphatic rings. The molecule has 4 rings (SSSR count). The van der Waals surface area contributed by atoms with E-state index in [0.717, 1.165) is 60.2 Å². The Balaban J connectivity index is 1.43. The van der Waals surface area contributed by atoms with Gasteiger partial charge in [-0.1, -0.05) is 54.4 Å². The fourth-order valence-electron chi connectivity index (χ4n) is 9.60. The summed E-state index contributed by atoms with van der Waals surface area (Å²) in [6, 6.07) is 0. The van der Waals surface area contributed by atoms with Crippen molar-refractivity contribution in [3.63, 3.8) is 0 Å². The van der Waals surface area contributed by atoms with Crippen LogP contribution in [0.4, 0.5) is 0 Å². The zero-order valence-electron chi connectivity index (χ0n) is 22.3. The van der Waals surface area contributed by atoms with Gasteiger partial charge < -0.3 is 4.74 Å². The van der Waals surface area contributed by atoms with Gasteiger partial charge in [-0.3, -0.25) is 4.79 Å². The number of hydrogen-bond acceptors (Lipinski definition) is 2. The largest absolute Gasteiger partial charge is 0.463 e. The van der Waals surface area contributed by atoms with E-state index >= 15 is 0 Å². The van der Waals surface area contributed by atoms with E-state index in [0.29, 0.717) is 10.8 Å². The number of hydrogen-bond donors (Lipinski definition) is 0. The van der Waals surface area contributed by atoms with Crippen molar-refractivity contribution < 1.29 is 9.53 Å². The second-order valence-corrected chi connectivity index (χ2v) is 13.7. The highest BCUT2D eigenvalue weighted by Gasteiger charge is 2.60. The number of rotatable bonds is 6. The van der Waals surface area contributed by atoms with Crippen LogP contribution in [-0.4, -0.2) is 12.1 Å². The van der Waals surface area contributed by atoms with Crippen molar-refractivity contribution in [3.05, 3.63) is 0 Å². The Kier molecular flexibility index (Phi) is 7.11. The Morgan fingerprint density at radius 1 is 0.875 bits per heavy atom. The van der Waals surface area contributed by atoms with E-state index in [4.69, 9.17) is 4.74 Å². The average molecular weight is 445 g/mol. The quantitative estimate of drug-likeness (QED) is 0.385. The van der Waals surface area contributed by atoms with Crippen molar-refractivity contribution in [1.82, 2.24) is 0 Å². The molecule has 4 aliphatic carbocycles. The third-order valence-corrected chi connectivity index (χ3v) is 11.9. The molecule has 4 fully saturated rings. The Morgan fingerprint density at radius 3 is 2.25 bits per heavy atom. The molecule has 0 aromatic heterocycles. The summed E-state index contributed by atoms with van der Waals surface area (Å²) < 4.78 is 5.66. The first-order valence-corrected chi connectivity index (χ1v) is 14.2. The van der Waals surface area contributed by atoms with Gasteiger partial charge in [0.1, 0.15) is 6.10 Å². The van der Waals surface area contributed by atoms with E-state index in [1.165, 1.54) is 57.8 Å². The molecule has 0 aliphatic heterocycles. The van der Waals surface area contributed by atoms with Crippen LogP contribution in [0.25, 0.3) is 0 Å². The van der Waals surface area contributed by atoms with Gasteiger partial charge in [0.2, 0.25) is 0 Å². The molecule has 0 heterocycles. The van der Waals surface area contributed by atoms with Crippen molar-refractivity contribution in [1.29, 1.82) is 0 Å². The van der Waals surface area contributed by atoms with Crippen LogP contribution >= 0.6 is 0 Å². The molecule has 0 unspecified atom stereocenters. The number of carbonyl (C=O) groups excluding carboxylic acids is 1. The summed E-state index contributed by atoms with van der Waals surface area (Å²) in [4.78, 5) is 11.5. The average Bonchev–Trinajstić information content (AvgIpc) is 3.08. The van der Waals surface area contributed by atoms with Crippen LogP contribution in [0.5, 0.6) is 0 Å². The third kappa shape index (κ3) is 4.31. The van der Waals surface area contributed by atoms with Crippen molar-refractivity contribution in [3.8, 4) is 0 Å². The van der Waals surface area contributed by atoms with E-state index in [2.05, 4.69) is 41.5 Å². The first-order valence-electron chi connectivity index (χ1n) is 14.2. The van der Waals surface area contributed by atoms with Crippen molar-refractivity contribution in [2.45, 2.75) is 125 Å². The molecule has 0 radical (unpaired) electrons. The highest BCUT2D eigenvalue weighted by molar-refractivity contribution is 5.66. The minimum absolute atomic E-state index is 0.0883. The highest BCUT2D eigenvalue weighted by Crippen LogP contribution is 2.68.